The summed E-state index contributed by atoms with van der Waals surface area (Å²) in [6.07, 6.45) is 0.610. The molecule has 2 atom stereocenters. The first kappa shape index (κ1) is 22.5. The summed E-state index contributed by atoms with van der Waals surface area (Å²) in [6.45, 7) is 1.97. The molecule has 2 N–H and O–H groups in total. The maximum atomic E-state index is 15.0. The highest BCUT2D eigenvalue weighted by atomic mass is 19.1. The van der Waals surface area contributed by atoms with E-state index in [2.05, 4.69) is 10.6 Å². The number of nitrogens with zero attached hydrogens (tertiary/aromatic N) is 1. The molecule has 0 radical (unpaired) electrons. The third-order valence-electron chi connectivity index (χ3n) is 5.62. The summed E-state index contributed by atoms with van der Waals surface area (Å²) < 4.78 is 38.4. The second kappa shape index (κ2) is 9.43. The number of esters is 1. The smallest absolute Gasteiger partial charge is 0.325 e. The SMILES string of the molecule is CCOC(=O)CN1C[C@@H](c2cc3c(cc2F)OCC3)[C@@H](NC(=O)Nc2ccc(F)cc2)C1=O. The molecule has 0 saturated carbocycles. The van der Waals surface area contributed by atoms with E-state index >= 15 is 0 Å². The lowest BCUT2D eigenvalue weighted by atomic mass is 9.91. The van der Waals surface area contributed by atoms with Gasteiger partial charge in [0.05, 0.1) is 13.2 Å². The third kappa shape index (κ3) is 4.89. The number of likely N-dealkylation sites (tertiary alicyclic amines) is 1. The molecule has 2 aliphatic rings. The van der Waals surface area contributed by atoms with Gasteiger partial charge in [0.2, 0.25) is 5.91 Å². The predicted molar refractivity (Wildman–Crippen MR) is 114 cm³/mol. The van der Waals surface area contributed by atoms with Gasteiger partial charge in [0.1, 0.15) is 30.0 Å². The summed E-state index contributed by atoms with van der Waals surface area (Å²) in [5, 5.41) is 5.11. The molecule has 4 rings (SSSR count). The van der Waals surface area contributed by atoms with Crippen LogP contribution in [0.2, 0.25) is 0 Å². The van der Waals surface area contributed by atoms with Crippen LogP contribution in [0.1, 0.15) is 24.0 Å². The second-order valence-corrected chi connectivity index (χ2v) is 7.79. The first-order chi connectivity index (χ1) is 15.9. The number of nitrogens with one attached hydrogen (secondary N) is 2. The van der Waals surface area contributed by atoms with Crippen LogP contribution in [0.4, 0.5) is 19.3 Å². The number of carbonyl (C=O) groups excluding carboxylic acids is 3. The Balaban J connectivity index is 1.58. The zero-order valence-corrected chi connectivity index (χ0v) is 17.9. The highest BCUT2D eigenvalue weighted by Crippen LogP contribution is 2.36. The minimum Gasteiger partial charge on any atom is -0.493 e. The Morgan fingerprint density at radius 1 is 1.21 bits per heavy atom. The number of benzene rings is 2. The Labute approximate surface area is 188 Å². The Morgan fingerprint density at radius 3 is 2.70 bits per heavy atom. The lowest BCUT2D eigenvalue weighted by molar-refractivity contribution is -0.147. The van der Waals surface area contributed by atoms with Crippen LogP contribution >= 0.6 is 0 Å². The van der Waals surface area contributed by atoms with Crippen molar-refractivity contribution in [1.29, 1.82) is 0 Å². The first-order valence-electron chi connectivity index (χ1n) is 10.6. The van der Waals surface area contributed by atoms with Crippen LogP contribution in [0.25, 0.3) is 0 Å². The van der Waals surface area contributed by atoms with Gasteiger partial charge in [0.25, 0.3) is 0 Å². The minimum atomic E-state index is -1.12. The number of halogens is 2. The zero-order valence-electron chi connectivity index (χ0n) is 17.9. The molecule has 0 spiro atoms. The Hall–Kier alpha value is -3.69. The van der Waals surface area contributed by atoms with E-state index < -0.39 is 41.5 Å². The number of urea groups is 1. The van der Waals surface area contributed by atoms with Crippen molar-refractivity contribution < 1.29 is 32.6 Å². The largest absolute Gasteiger partial charge is 0.493 e. The molecule has 174 valence electrons. The average molecular weight is 459 g/mol. The molecule has 2 aromatic rings. The summed E-state index contributed by atoms with van der Waals surface area (Å²) in [7, 11) is 0. The molecule has 0 bridgehead atoms. The monoisotopic (exact) mass is 459 g/mol. The van der Waals surface area contributed by atoms with Crippen molar-refractivity contribution in [1.82, 2.24) is 10.2 Å². The molecule has 1 fully saturated rings. The van der Waals surface area contributed by atoms with E-state index in [1.165, 1.54) is 35.2 Å². The number of hydrogen-bond acceptors (Lipinski definition) is 5. The predicted octanol–water partition coefficient (Wildman–Crippen LogP) is 2.58. The van der Waals surface area contributed by atoms with Crippen molar-refractivity contribution in [3.05, 3.63) is 59.2 Å². The minimum absolute atomic E-state index is 0.0235. The summed E-state index contributed by atoms with van der Waals surface area (Å²) >= 11 is 0. The topological polar surface area (TPSA) is 97.0 Å². The number of ether oxygens (including phenoxy) is 2. The van der Waals surface area contributed by atoms with Gasteiger partial charge in [0, 0.05) is 30.6 Å². The van der Waals surface area contributed by atoms with E-state index in [4.69, 9.17) is 9.47 Å². The van der Waals surface area contributed by atoms with Crippen LogP contribution in [-0.4, -0.2) is 55.2 Å². The molecular formula is C23H23F2N3O5. The van der Waals surface area contributed by atoms with Crippen LogP contribution in [0.3, 0.4) is 0 Å². The van der Waals surface area contributed by atoms with Gasteiger partial charge >= 0.3 is 12.0 Å². The second-order valence-electron chi connectivity index (χ2n) is 7.79. The van der Waals surface area contributed by atoms with Crippen LogP contribution in [0.15, 0.2) is 36.4 Å². The fraction of sp³-hybridized carbons (Fsp3) is 0.348. The number of amides is 3. The molecule has 2 heterocycles. The van der Waals surface area contributed by atoms with Crippen molar-refractivity contribution >= 4 is 23.6 Å². The van der Waals surface area contributed by atoms with E-state index in [1.54, 1.807) is 13.0 Å². The van der Waals surface area contributed by atoms with Crippen molar-refractivity contribution in [2.75, 3.05) is 31.6 Å². The summed E-state index contributed by atoms with van der Waals surface area (Å²) in [5.74, 6) is -2.42. The summed E-state index contributed by atoms with van der Waals surface area (Å²) in [5.41, 5.74) is 1.39. The number of anilines is 1. The van der Waals surface area contributed by atoms with Gasteiger partial charge in [-0.1, -0.05) is 0 Å². The normalized spacial score (nSPS) is 19.1. The first-order valence-corrected chi connectivity index (χ1v) is 10.6. The van der Waals surface area contributed by atoms with Gasteiger partial charge in [0.15, 0.2) is 0 Å². The van der Waals surface area contributed by atoms with Crippen LogP contribution in [0, 0.1) is 11.6 Å². The zero-order chi connectivity index (χ0) is 23.5. The highest BCUT2D eigenvalue weighted by Gasteiger charge is 2.44. The summed E-state index contributed by atoms with van der Waals surface area (Å²) in [4.78, 5) is 38.9. The lowest BCUT2D eigenvalue weighted by Crippen LogP contribution is -2.46. The molecule has 33 heavy (non-hydrogen) atoms. The van der Waals surface area contributed by atoms with E-state index in [1.807, 2.05) is 0 Å². The van der Waals surface area contributed by atoms with E-state index in [0.29, 0.717) is 24.5 Å². The maximum Gasteiger partial charge on any atom is 0.325 e. The molecule has 0 aliphatic carbocycles. The van der Waals surface area contributed by atoms with Crippen molar-refractivity contribution in [2.45, 2.75) is 25.3 Å². The maximum absolute atomic E-state index is 15.0. The van der Waals surface area contributed by atoms with E-state index in [0.717, 1.165) is 5.56 Å². The van der Waals surface area contributed by atoms with Crippen LogP contribution in [-0.2, 0) is 20.7 Å². The average Bonchev–Trinajstić information content (AvgIpc) is 3.34. The van der Waals surface area contributed by atoms with Gasteiger partial charge < -0.3 is 25.0 Å². The van der Waals surface area contributed by atoms with Gasteiger partial charge in [-0.25, -0.2) is 13.6 Å². The van der Waals surface area contributed by atoms with Gasteiger partial charge in [-0.2, -0.15) is 0 Å². The summed E-state index contributed by atoms with van der Waals surface area (Å²) in [6, 6.07) is 6.21. The lowest BCUT2D eigenvalue weighted by Gasteiger charge is -2.20. The van der Waals surface area contributed by atoms with Crippen LogP contribution < -0.4 is 15.4 Å². The molecule has 10 heteroatoms. The van der Waals surface area contributed by atoms with Crippen molar-refractivity contribution in [2.24, 2.45) is 0 Å². The molecule has 0 unspecified atom stereocenters. The molecule has 2 aromatic carbocycles. The number of carbonyl (C=O) groups is 3. The standard InChI is InChI=1S/C23H23F2N3O5/c1-2-32-20(29)12-28-11-17(16-9-13-7-8-33-19(13)10-18(16)25)21(22(28)30)27-23(31)26-15-5-3-14(24)4-6-15/h3-6,9-10,17,21H,2,7-8,11-12H2,1H3,(H2,26,27,31)/t17-,21+/m0/s1. The number of fused-ring (bicyclic) bond motifs is 1. The number of rotatable bonds is 6. The highest BCUT2D eigenvalue weighted by molar-refractivity contribution is 5.96. The Kier molecular flexibility index (Phi) is 6.43. The Morgan fingerprint density at radius 2 is 1.97 bits per heavy atom. The third-order valence-corrected chi connectivity index (χ3v) is 5.62. The van der Waals surface area contributed by atoms with E-state index in [-0.39, 0.29) is 25.3 Å². The molecule has 8 nitrogen and oxygen atoms in total. The quantitative estimate of drug-likeness (QED) is 0.648. The van der Waals surface area contributed by atoms with E-state index in [9.17, 15) is 23.2 Å². The fourth-order valence-corrected chi connectivity index (χ4v) is 4.09. The molecule has 3 amide bonds. The molecular weight excluding hydrogens is 436 g/mol. The molecule has 2 aliphatic heterocycles. The van der Waals surface area contributed by atoms with Crippen molar-refractivity contribution in [3.8, 4) is 5.75 Å². The molecule has 0 aromatic heterocycles. The van der Waals surface area contributed by atoms with Gasteiger partial charge in [-0.15, -0.1) is 0 Å². The van der Waals surface area contributed by atoms with Gasteiger partial charge in [-0.3, -0.25) is 9.59 Å². The van der Waals surface area contributed by atoms with Crippen molar-refractivity contribution in [3.63, 3.8) is 0 Å². The van der Waals surface area contributed by atoms with Gasteiger partial charge in [-0.05, 0) is 48.4 Å². The number of hydrogen-bond donors (Lipinski definition) is 2. The fourth-order valence-electron chi connectivity index (χ4n) is 4.09. The van der Waals surface area contributed by atoms with Crippen LogP contribution in [0.5, 0.6) is 5.75 Å². The Bertz CT molecular complexity index is 1080. The molecule has 1 saturated heterocycles.